The molecule has 0 heterocycles. The van der Waals surface area contributed by atoms with Crippen LogP contribution in [-0.4, -0.2) is 5.78 Å². The van der Waals surface area contributed by atoms with Gasteiger partial charge in [0.25, 0.3) is 0 Å². The van der Waals surface area contributed by atoms with Crippen LogP contribution >= 0.6 is 0 Å². The number of carbonyl (C=O) groups is 1. The minimum Gasteiger partial charge on any atom is -0.300 e. The van der Waals surface area contributed by atoms with E-state index >= 15 is 0 Å². The van der Waals surface area contributed by atoms with Gasteiger partial charge in [-0.3, -0.25) is 0 Å². The molecule has 12 heavy (non-hydrogen) atoms. The fourth-order valence-corrected chi connectivity index (χ4v) is 0.931. The molecule has 0 N–H and O–H groups in total. The van der Waals surface area contributed by atoms with Crippen LogP contribution < -0.4 is 0 Å². The number of hydrogen-bond donors (Lipinski definition) is 0. The molecule has 0 saturated carbocycles. The maximum Gasteiger partial charge on any atom is 0.130 e. The quantitative estimate of drug-likeness (QED) is 0.600. The van der Waals surface area contributed by atoms with Gasteiger partial charge >= 0.3 is 0 Å². The molecule has 2 heteroatoms. The van der Waals surface area contributed by atoms with Gasteiger partial charge in [0, 0.05) is 12.5 Å². The molecule has 0 fully saturated rings. The molecule has 0 saturated heterocycles. The molecule has 2 nitrogen and oxygen atoms in total. The van der Waals surface area contributed by atoms with Crippen molar-refractivity contribution in [2.75, 3.05) is 0 Å². The lowest BCUT2D eigenvalue weighted by Gasteiger charge is -2.07. The first-order valence-electron chi connectivity index (χ1n) is 4.16. The molecular weight excluding hydrogens is 150 g/mol. The molecular formula is C10H15NO. The Labute approximate surface area is 73.9 Å². The van der Waals surface area contributed by atoms with Crippen LogP contribution in [-0.2, 0) is 4.79 Å². The molecule has 0 aliphatic rings. The number of rotatable bonds is 4. The lowest BCUT2D eigenvalue weighted by molar-refractivity contribution is -0.116. The number of ketones is 1. The van der Waals surface area contributed by atoms with Crippen molar-refractivity contribution >= 4 is 5.78 Å². The summed E-state index contributed by atoms with van der Waals surface area (Å²) >= 11 is 0. The van der Waals surface area contributed by atoms with Crippen LogP contribution in [0.15, 0.2) is 11.6 Å². The molecule has 0 amide bonds. The summed E-state index contributed by atoms with van der Waals surface area (Å²) in [4.78, 5) is 10.7. The van der Waals surface area contributed by atoms with Crippen molar-refractivity contribution in [3.63, 3.8) is 0 Å². The second-order valence-electron chi connectivity index (χ2n) is 3.21. The first-order chi connectivity index (χ1) is 5.57. The van der Waals surface area contributed by atoms with Crippen LogP contribution in [0.1, 0.15) is 33.6 Å². The Morgan fingerprint density at radius 2 is 2.08 bits per heavy atom. The van der Waals surface area contributed by atoms with E-state index in [1.807, 2.05) is 19.9 Å². The lowest BCUT2D eigenvalue weighted by Crippen LogP contribution is -1.97. The van der Waals surface area contributed by atoms with E-state index < -0.39 is 0 Å². The third-order valence-corrected chi connectivity index (χ3v) is 1.76. The third kappa shape index (κ3) is 4.68. The largest absolute Gasteiger partial charge is 0.300 e. The number of Topliss-reactive ketones (excluding diaryl/α,β-unsaturated/α-hetero) is 1. The molecule has 0 unspecified atom stereocenters. The average molecular weight is 165 g/mol. The number of hydrogen-bond acceptors (Lipinski definition) is 2. The van der Waals surface area contributed by atoms with Gasteiger partial charge in [0.2, 0.25) is 0 Å². The predicted molar refractivity (Wildman–Crippen MR) is 48.4 cm³/mol. The molecule has 0 rings (SSSR count). The highest BCUT2D eigenvalue weighted by molar-refractivity contribution is 5.75. The zero-order valence-electron chi connectivity index (χ0n) is 7.92. The molecule has 0 aromatic rings. The highest BCUT2D eigenvalue weighted by Crippen LogP contribution is 2.15. The summed E-state index contributed by atoms with van der Waals surface area (Å²) in [6.07, 6.45) is 2.82. The van der Waals surface area contributed by atoms with Crippen LogP contribution in [0.25, 0.3) is 0 Å². The maximum atomic E-state index is 10.7. The zero-order chi connectivity index (χ0) is 9.56. The minimum absolute atomic E-state index is 0.180. The van der Waals surface area contributed by atoms with E-state index in [-0.39, 0.29) is 5.78 Å². The molecule has 0 bridgehead atoms. The summed E-state index contributed by atoms with van der Waals surface area (Å²) in [6, 6.07) is 2.00. The van der Waals surface area contributed by atoms with Gasteiger partial charge in [-0.2, -0.15) is 5.26 Å². The Kier molecular flexibility index (Phi) is 5.03. The molecule has 0 aromatic heterocycles. The van der Waals surface area contributed by atoms with E-state index in [1.54, 1.807) is 13.0 Å². The van der Waals surface area contributed by atoms with Gasteiger partial charge in [0.1, 0.15) is 5.78 Å². The molecule has 0 aliphatic heterocycles. The van der Waals surface area contributed by atoms with Gasteiger partial charge in [-0.1, -0.05) is 19.4 Å². The topological polar surface area (TPSA) is 40.9 Å². The molecule has 66 valence electrons. The van der Waals surface area contributed by atoms with Gasteiger partial charge in [0.15, 0.2) is 0 Å². The lowest BCUT2D eigenvalue weighted by atomic mass is 9.97. The Hall–Kier alpha value is -1.10. The molecule has 0 radical (unpaired) electrons. The summed E-state index contributed by atoms with van der Waals surface area (Å²) in [5, 5.41) is 8.44. The van der Waals surface area contributed by atoms with Gasteiger partial charge in [-0.05, 0) is 19.3 Å². The number of nitrogens with zero attached hydrogens (tertiary/aromatic N) is 1. The van der Waals surface area contributed by atoms with E-state index in [1.165, 1.54) is 0 Å². The van der Waals surface area contributed by atoms with E-state index in [0.717, 1.165) is 12.0 Å². The predicted octanol–water partition coefficient (Wildman–Crippen LogP) is 2.46. The van der Waals surface area contributed by atoms with E-state index in [0.29, 0.717) is 12.3 Å². The van der Waals surface area contributed by atoms with Gasteiger partial charge < -0.3 is 4.79 Å². The van der Waals surface area contributed by atoms with Crippen molar-refractivity contribution in [2.45, 2.75) is 33.6 Å². The SMILES string of the molecule is CC(=O)CC/C(=C/C#N)C(C)C. The van der Waals surface area contributed by atoms with Crippen molar-refractivity contribution in [1.29, 1.82) is 5.26 Å². The second-order valence-corrected chi connectivity index (χ2v) is 3.21. The summed E-state index contributed by atoms with van der Waals surface area (Å²) in [6.45, 7) is 5.64. The summed E-state index contributed by atoms with van der Waals surface area (Å²) in [7, 11) is 0. The van der Waals surface area contributed by atoms with Crippen molar-refractivity contribution in [1.82, 2.24) is 0 Å². The van der Waals surface area contributed by atoms with Crippen LogP contribution in [0.5, 0.6) is 0 Å². The fraction of sp³-hybridized carbons (Fsp3) is 0.600. The smallest absolute Gasteiger partial charge is 0.130 e. The summed E-state index contributed by atoms with van der Waals surface area (Å²) < 4.78 is 0. The van der Waals surface area contributed by atoms with Gasteiger partial charge in [-0.15, -0.1) is 0 Å². The average Bonchev–Trinajstić information content (AvgIpc) is 1.96. The van der Waals surface area contributed by atoms with Crippen molar-refractivity contribution in [2.24, 2.45) is 5.92 Å². The van der Waals surface area contributed by atoms with E-state index in [4.69, 9.17) is 5.26 Å². The molecule has 0 aromatic carbocycles. The fourth-order valence-electron chi connectivity index (χ4n) is 0.931. The van der Waals surface area contributed by atoms with E-state index in [9.17, 15) is 4.79 Å². The van der Waals surface area contributed by atoms with Crippen molar-refractivity contribution in [3.8, 4) is 6.07 Å². The van der Waals surface area contributed by atoms with Crippen LogP contribution in [0.4, 0.5) is 0 Å². The van der Waals surface area contributed by atoms with Gasteiger partial charge in [0.05, 0.1) is 6.07 Å². The molecule has 0 aliphatic carbocycles. The van der Waals surface area contributed by atoms with Crippen LogP contribution in [0, 0.1) is 17.2 Å². The standard InChI is InChI=1S/C10H15NO/c1-8(2)10(6-7-11)5-4-9(3)12/h6,8H,4-5H2,1-3H3/b10-6-. The third-order valence-electron chi connectivity index (χ3n) is 1.76. The maximum absolute atomic E-state index is 10.7. The first kappa shape index (κ1) is 10.9. The van der Waals surface area contributed by atoms with Crippen LogP contribution in [0.2, 0.25) is 0 Å². The Morgan fingerprint density at radius 1 is 1.50 bits per heavy atom. The van der Waals surface area contributed by atoms with Crippen molar-refractivity contribution < 1.29 is 4.79 Å². The molecule has 0 atom stereocenters. The van der Waals surface area contributed by atoms with Crippen molar-refractivity contribution in [3.05, 3.63) is 11.6 Å². The minimum atomic E-state index is 0.180. The number of allylic oxidation sites excluding steroid dienone is 2. The summed E-state index contributed by atoms with van der Waals surface area (Å²) in [5.41, 5.74) is 1.06. The summed E-state index contributed by atoms with van der Waals surface area (Å²) in [5.74, 6) is 0.545. The zero-order valence-corrected chi connectivity index (χ0v) is 7.92. The van der Waals surface area contributed by atoms with Gasteiger partial charge in [-0.25, -0.2) is 0 Å². The Morgan fingerprint density at radius 3 is 2.42 bits per heavy atom. The monoisotopic (exact) mass is 165 g/mol. The first-order valence-corrected chi connectivity index (χ1v) is 4.16. The Balaban J connectivity index is 4.09. The highest BCUT2D eigenvalue weighted by atomic mass is 16.1. The number of carbonyl (C=O) groups excluding carboxylic acids is 1. The normalized spacial score (nSPS) is 11.4. The van der Waals surface area contributed by atoms with E-state index in [2.05, 4.69) is 0 Å². The second kappa shape index (κ2) is 5.54. The van der Waals surface area contributed by atoms with Crippen LogP contribution in [0.3, 0.4) is 0 Å². The number of nitriles is 1. The highest BCUT2D eigenvalue weighted by Gasteiger charge is 2.03. The Bertz CT molecular complexity index is 220. The molecule has 0 spiro atoms.